The third-order valence-electron chi connectivity index (χ3n) is 1.81. The lowest BCUT2D eigenvalue weighted by Crippen LogP contribution is -2.44. The van der Waals surface area contributed by atoms with E-state index in [0.717, 1.165) is 12.7 Å². The summed E-state index contributed by atoms with van der Waals surface area (Å²) in [7, 11) is 1.42. The summed E-state index contributed by atoms with van der Waals surface area (Å²) in [6, 6.07) is 0.931. The summed E-state index contributed by atoms with van der Waals surface area (Å²) in [5, 5.41) is 0. The molecule has 0 aliphatic rings. The van der Waals surface area contributed by atoms with Gasteiger partial charge in [-0.15, -0.1) is 0 Å². The van der Waals surface area contributed by atoms with Crippen molar-refractivity contribution >= 4 is 8.56 Å². The van der Waals surface area contributed by atoms with Gasteiger partial charge in [0.1, 0.15) is 0 Å². The zero-order valence-electron chi connectivity index (χ0n) is 7.85. The standard InChI is InChI=1S/C7H18O3Si/c1-5-10-7-11(6-2,8-3)9-4/h5-7H2,1-4H3. The molecule has 0 aromatic heterocycles. The molecule has 0 unspecified atom stereocenters. The van der Waals surface area contributed by atoms with Gasteiger partial charge < -0.3 is 13.6 Å². The average molecular weight is 178 g/mol. The minimum atomic E-state index is -1.96. The molecule has 0 aromatic carbocycles. The highest BCUT2D eigenvalue weighted by molar-refractivity contribution is 6.67. The van der Waals surface area contributed by atoms with Crippen LogP contribution in [0, 0.1) is 0 Å². The summed E-state index contributed by atoms with van der Waals surface area (Å²) in [4.78, 5) is 0. The summed E-state index contributed by atoms with van der Waals surface area (Å²) in [6.07, 6.45) is 0.632. The van der Waals surface area contributed by atoms with Gasteiger partial charge in [0.15, 0.2) is 0 Å². The maximum Gasteiger partial charge on any atom is 0.363 e. The minimum absolute atomic E-state index is 0.632. The molecule has 0 rings (SSSR count). The van der Waals surface area contributed by atoms with Crippen LogP contribution in [-0.2, 0) is 13.6 Å². The van der Waals surface area contributed by atoms with E-state index in [1.807, 2.05) is 6.92 Å². The van der Waals surface area contributed by atoms with Gasteiger partial charge in [-0.2, -0.15) is 0 Å². The zero-order valence-corrected chi connectivity index (χ0v) is 8.85. The van der Waals surface area contributed by atoms with E-state index in [-0.39, 0.29) is 0 Å². The summed E-state index contributed by atoms with van der Waals surface area (Å²) in [6.45, 7) is 4.76. The molecule has 0 radical (unpaired) electrons. The first-order valence-electron chi connectivity index (χ1n) is 3.92. The highest BCUT2D eigenvalue weighted by atomic mass is 28.4. The van der Waals surface area contributed by atoms with E-state index in [2.05, 4.69) is 6.92 Å². The second-order valence-corrected chi connectivity index (χ2v) is 5.94. The highest BCUT2D eigenvalue weighted by Crippen LogP contribution is 2.10. The van der Waals surface area contributed by atoms with E-state index in [9.17, 15) is 0 Å². The predicted octanol–water partition coefficient (Wildman–Crippen LogP) is 1.32. The Morgan fingerprint density at radius 3 is 1.91 bits per heavy atom. The second kappa shape index (κ2) is 5.71. The fourth-order valence-corrected chi connectivity index (χ4v) is 2.55. The van der Waals surface area contributed by atoms with Gasteiger partial charge in [0.25, 0.3) is 0 Å². The van der Waals surface area contributed by atoms with E-state index < -0.39 is 8.56 Å². The molecule has 0 aromatic rings. The number of rotatable bonds is 6. The fourth-order valence-electron chi connectivity index (χ4n) is 0.849. The van der Waals surface area contributed by atoms with Crippen molar-refractivity contribution in [3.05, 3.63) is 0 Å². The normalized spacial score (nSPS) is 12.0. The third kappa shape index (κ3) is 3.33. The van der Waals surface area contributed by atoms with Gasteiger partial charge in [0.2, 0.25) is 0 Å². The Morgan fingerprint density at radius 1 is 1.09 bits per heavy atom. The molecule has 0 atom stereocenters. The lowest BCUT2D eigenvalue weighted by atomic mass is 10.9. The lowest BCUT2D eigenvalue weighted by Gasteiger charge is -2.25. The number of ether oxygens (including phenoxy) is 1. The Hall–Kier alpha value is 0.0969. The van der Waals surface area contributed by atoms with Crippen LogP contribution in [-0.4, -0.2) is 35.6 Å². The van der Waals surface area contributed by atoms with Crippen LogP contribution in [0.5, 0.6) is 0 Å². The molecule has 0 spiro atoms. The quantitative estimate of drug-likeness (QED) is 0.574. The Labute approximate surface area is 69.9 Å². The summed E-state index contributed by atoms with van der Waals surface area (Å²) in [5.74, 6) is 0. The van der Waals surface area contributed by atoms with Crippen LogP contribution < -0.4 is 0 Å². The number of hydrogen-bond donors (Lipinski definition) is 0. The van der Waals surface area contributed by atoms with E-state index in [1.165, 1.54) is 0 Å². The van der Waals surface area contributed by atoms with Gasteiger partial charge in [0.05, 0.1) is 6.23 Å². The topological polar surface area (TPSA) is 27.7 Å². The smallest absolute Gasteiger partial charge is 0.363 e. The zero-order chi connectivity index (χ0) is 8.74. The molecule has 0 N–H and O–H groups in total. The minimum Gasteiger partial charge on any atom is -0.396 e. The van der Waals surface area contributed by atoms with Crippen molar-refractivity contribution in [3.8, 4) is 0 Å². The van der Waals surface area contributed by atoms with Crippen LogP contribution in [0.3, 0.4) is 0 Å². The van der Waals surface area contributed by atoms with Crippen molar-refractivity contribution < 1.29 is 13.6 Å². The van der Waals surface area contributed by atoms with E-state index in [1.54, 1.807) is 14.2 Å². The summed E-state index contributed by atoms with van der Waals surface area (Å²) < 4.78 is 15.9. The number of hydrogen-bond acceptors (Lipinski definition) is 3. The van der Waals surface area contributed by atoms with Crippen molar-refractivity contribution in [1.29, 1.82) is 0 Å². The Balaban J connectivity index is 3.84. The van der Waals surface area contributed by atoms with Gasteiger partial charge in [-0.1, -0.05) is 6.92 Å². The molecule has 0 saturated carbocycles. The fraction of sp³-hybridized carbons (Fsp3) is 1.00. The molecule has 0 aliphatic carbocycles. The molecular weight excluding hydrogens is 160 g/mol. The summed E-state index contributed by atoms with van der Waals surface area (Å²) >= 11 is 0. The maximum atomic E-state index is 5.33. The Bertz CT molecular complexity index is 85.4. The van der Waals surface area contributed by atoms with Crippen molar-refractivity contribution in [2.45, 2.75) is 19.9 Å². The molecule has 0 saturated heterocycles. The molecule has 0 amide bonds. The lowest BCUT2D eigenvalue weighted by molar-refractivity contribution is 0.134. The van der Waals surface area contributed by atoms with Crippen LogP contribution >= 0.6 is 0 Å². The molecule has 0 heterocycles. The second-order valence-electron chi connectivity index (χ2n) is 2.31. The van der Waals surface area contributed by atoms with Crippen LogP contribution in [0.15, 0.2) is 0 Å². The first-order chi connectivity index (χ1) is 5.24. The van der Waals surface area contributed by atoms with E-state index in [0.29, 0.717) is 6.23 Å². The maximum absolute atomic E-state index is 5.33. The first-order valence-corrected chi connectivity index (χ1v) is 6.15. The molecular formula is C7H18O3Si. The van der Waals surface area contributed by atoms with Crippen LogP contribution in [0.25, 0.3) is 0 Å². The van der Waals surface area contributed by atoms with Crippen LogP contribution in [0.1, 0.15) is 13.8 Å². The SMILES string of the molecule is CCOC[Si](CC)(OC)OC. The summed E-state index contributed by atoms with van der Waals surface area (Å²) in [5.41, 5.74) is 0. The highest BCUT2D eigenvalue weighted by Gasteiger charge is 2.33. The predicted molar refractivity (Wildman–Crippen MR) is 46.7 cm³/mol. The third-order valence-corrected chi connectivity index (χ3v) is 5.02. The Morgan fingerprint density at radius 2 is 1.64 bits per heavy atom. The van der Waals surface area contributed by atoms with Gasteiger partial charge in [0, 0.05) is 20.8 Å². The molecule has 0 fully saturated rings. The largest absolute Gasteiger partial charge is 0.396 e. The molecule has 0 aliphatic heterocycles. The van der Waals surface area contributed by atoms with E-state index >= 15 is 0 Å². The molecule has 0 bridgehead atoms. The van der Waals surface area contributed by atoms with Crippen molar-refractivity contribution in [2.24, 2.45) is 0 Å². The van der Waals surface area contributed by atoms with Crippen molar-refractivity contribution in [1.82, 2.24) is 0 Å². The average Bonchev–Trinajstić information content (AvgIpc) is 2.08. The van der Waals surface area contributed by atoms with Crippen LogP contribution in [0.2, 0.25) is 6.04 Å². The van der Waals surface area contributed by atoms with Gasteiger partial charge in [-0.3, -0.25) is 0 Å². The van der Waals surface area contributed by atoms with E-state index in [4.69, 9.17) is 13.6 Å². The monoisotopic (exact) mass is 178 g/mol. The van der Waals surface area contributed by atoms with Gasteiger partial charge >= 0.3 is 8.56 Å². The van der Waals surface area contributed by atoms with Crippen molar-refractivity contribution in [2.75, 3.05) is 27.1 Å². The first kappa shape index (κ1) is 11.1. The molecule has 4 heteroatoms. The van der Waals surface area contributed by atoms with Gasteiger partial charge in [-0.25, -0.2) is 0 Å². The molecule has 11 heavy (non-hydrogen) atoms. The molecule has 68 valence electrons. The molecule has 3 nitrogen and oxygen atoms in total. The van der Waals surface area contributed by atoms with Crippen molar-refractivity contribution in [3.63, 3.8) is 0 Å². The van der Waals surface area contributed by atoms with Crippen LogP contribution in [0.4, 0.5) is 0 Å². The van der Waals surface area contributed by atoms with Gasteiger partial charge in [-0.05, 0) is 13.0 Å². The Kier molecular flexibility index (Phi) is 5.76.